The fraction of sp³-hybridized carbons (Fsp3) is 0.318. The largest absolute Gasteiger partial charge is 0.367 e. The average molecular weight is 403 g/mol. The van der Waals surface area contributed by atoms with Crippen LogP contribution in [0.2, 0.25) is 10.0 Å². The summed E-state index contributed by atoms with van der Waals surface area (Å²) in [5.41, 5.74) is 3.49. The summed E-state index contributed by atoms with van der Waals surface area (Å²) in [5.74, 6) is 0. The second kappa shape index (κ2) is 8.47. The Morgan fingerprint density at radius 2 is 1.81 bits per heavy atom. The molecule has 0 fully saturated rings. The average Bonchev–Trinajstić information content (AvgIpc) is 3.12. The Kier molecular flexibility index (Phi) is 6.25. The van der Waals surface area contributed by atoms with Gasteiger partial charge in [0.15, 0.2) is 0 Å². The molecule has 0 amide bonds. The molecule has 1 unspecified atom stereocenters. The van der Waals surface area contributed by atoms with Crippen LogP contribution in [0.5, 0.6) is 0 Å². The van der Waals surface area contributed by atoms with Gasteiger partial charge >= 0.3 is 0 Å². The van der Waals surface area contributed by atoms with Crippen LogP contribution in [0.4, 0.5) is 0 Å². The van der Waals surface area contributed by atoms with Crippen LogP contribution in [0.25, 0.3) is 0 Å². The molecule has 0 saturated carbocycles. The first-order chi connectivity index (χ1) is 12.8. The number of aromatic nitrogens is 2. The quantitative estimate of drug-likeness (QED) is 0.473. The molecule has 0 radical (unpaired) electrons. The molecule has 3 rings (SSSR count). The topological polar surface area (TPSA) is 27.1 Å². The zero-order valence-corrected chi connectivity index (χ0v) is 17.3. The molecular weight excluding hydrogens is 379 g/mol. The van der Waals surface area contributed by atoms with Gasteiger partial charge in [-0.2, -0.15) is 0 Å². The van der Waals surface area contributed by atoms with Crippen molar-refractivity contribution in [3.63, 3.8) is 0 Å². The number of benzene rings is 2. The fourth-order valence-electron chi connectivity index (χ4n) is 2.89. The van der Waals surface area contributed by atoms with E-state index in [2.05, 4.69) is 50.0 Å². The Balaban J connectivity index is 1.77. The van der Waals surface area contributed by atoms with E-state index in [0.29, 0.717) is 23.2 Å². The lowest BCUT2D eigenvalue weighted by Crippen LogP contribution is -2.13. The van der Waals surface area contributed by atoms with Crippen LogP contribution in [0.1, 0.15) is 43.6 Å². The highest BCUT2D eigenvalue weighted by Crippen LogP contribution is 2.30. The third-order valence-corrected chi connectivity index (χ3v) is 5.08. The Morgan fingerprint density at radius 1 is 1.07 bits per heavy atom. The maximum atomic E-state index is 6.43. The molecule has 2 aromatic carbocycles. The molecular formula is C22H24Cl2N2O. The first-order valence-electron chi connectivity index (χ1n) is 8.94. The molecule has 1 aromatic heterocycles. The molecule has 1 heterocycles. The van der Waals surface area contributed by atoms with Crippen molar-refractivity contribution in [3.8, 4) is 0 Å². The van der Waals surface area contributed by atoms with Gasteiger partial charge in [0.25, 0.3) is 0 Å². The zero-order chi connectivity index (χ0) is 19.4. The van der Waals surface area contributed by atoms with E-state index in [0.717, 1.165) is 11.1 Å². The minimum atomic E-state index is -0.203. The van der Waals surface area contributed by atoms with Crippen LogP contribution in [-0.2, 0) is 23.3 Å². The lowest BCUT2D eigenvalue weighted by atomic mass is 9.87. The van der Waals surface area contributed by atoms with Gasteiger partial charge < -0.3 is 9.30 Å². The van der Waals surface area contributed by atoms with Gasteiger partial charge in [-0.25, -0.2) is 4.98 Å². The Bertz CT molecular complexity index is 868. The Morgan fingerprint density at radius 3 is 2.41 bits per heavy atom. The first kappa shape index (κ1) is 19.9. The number of halogens is 2. The van der Waals surface area contributed by atoms with Crippen LogP contribution in [0.3, 0.4) is 0 Å². The van der Waals surface area contributed by atoms with Crippen molar-refractivity contribution in [1.29, 1.82) is 0 Å². The summed E-state index contributed by atoms with van der Waals surface area (Å²) in [6.07, 6.45) is 5.24. The second-order valence-corrected chi connectivity index (χ2v) is 8.52. The van der Waals surface area contributed by atoms with Crippen molar-refractivity contribution in [2.24, 2.45) is 0 Å². The van der Waals surface area contributed by atoms with Gasteiger partial charge in [0.2, 0.25) is 0 Å². The van der Waals surface area contributed by atoms with Gasteiger partial charge in [-0.3, -0.25) is 0 Å². The summed E-state index contributed by atoms with van der Waals surface area (Å²) in [6, 6.07) is 14.1. The first-order valence-corrected chi connectivity index (χ1v) is 9.70. The molecule has 5 heteroatoms. The van der Waals surface area contributed by atoms with E-state index >= 15 is 0 Å². The number of nitrogens with zero attached hydrogens (tertiary/aromatic N) is 2. The van der Waals surface area contributed by atoms with E-state index in [4.69, 9.17) is 27.9 Å². The highest BCUT2D eigenvalue weighted by Gasteiger charge is 2.18. The van der Waals surface area contributed by atoms with Crippen LogP contribution >= 0.6 is 23.2 Å². The molecule has 0 saturated heterocycles. The van der Waals surface area contributed by atoms with E-state index in [1.807, 2.05) is 22.9 Å². The number of hydrogen-bond acceptors (Lipinski definition) is 2. The maximum absolute atomic E-state index is 6.43. The highest BCUT2D eigenvalue weighted by molar-refractivity contribution is 6.35. The summed E-state index contributed by atoms with van der Waals surface area (Å²) in [4.78, 5) is 4.11. The molecule has 0 bridgehead atoms. The van der Waals surface area contributed by atoms with Crippen molar-refractivity contribution in [3.05, 3.63) is 87.9 Å². The fourth-order valence-corrected chi connectivity index (χ4v) is 3.42. The van der Waals surface area contributed by atoms with Gasteiger partial charge in [0.05, 0.1) is 19.5 Å². The van der Waals surface area contributed by atoms with E-state index in [1.54, 1.807) is 18.6 Å². The van der Waals surface area contributed by atoms with Gasteiger partial charge in [-0.15, -0.1) is 0 Å². The summed E-state index contributed by atoms with van der Waals surface area (Å²) in [6.45, 7) is 7.76. The van der Waals surface area contributed by atoms with E-state index in [1.165, 1.54) is 5.56 Å². The van der Waals surface area contributed by atoms with Crippen LogP contribution in [-0.4, -0.2) is 9.55 Å². The standard InChI is InChI=1S/C22H24Cl2N2O/c1-22(2,3)17-6-4-16(5-7-17)14-27-21(13-26-11-10-25-15-26)19-9-8-18(23)12-20(19)24/h4-12,15,21H,13-14H2,1-3H3. The molecule has 3 nitrogen and oxygen atoms in total. The van der Waals surface area contributed by atoms with Crippen LogP contribution in [0, 0.1) is 0 Å². The summed E-state index contributed by atoms with van der Waals surface area (Å²) < 4.78 is 8.24. The highest BCUT2D eigenvalue weighted by atomic mass is 35.5. The molecule has 0 N–H and O–H groups in total. The monoisotopic (exact) mass is 402 g/mol. The molecule has 142 valence electrons. The van der Waals surface area contributed by atoms with Crippen molar-refractivity contribution < 1.29 is 4.74 Å². The van der Waals surface area contributed by atoms with Gasteiger partial charge in [-0.1, -0.05) is 74.3 Å². The SMILES string of the molecule is CC(C)(C)c1ccc(COC(Cn2ccnc2)c2ccc(Cl)cc2Cl)cc1. The predicted octanol–water partition coefficient (Wildman–Crippen LogP) is 6.45. The molecule has 1 atom stereocenters. The third kappa shape index (κ3) is 5.35. The lowest BCUT2D eigenvalue weighted by molar-refractivity contribution is 0.0280. The Hall–Kier alpha value is -1.81. The smallest absolute Gasteiger partial charge is 0.102 e. The summed E-state index contributed by atoms with van der Waals surface area (Å²) in [7, 11) is 0. The van der Waals surface area contributed by atoms with Crippen molar-refractivity contribution in [2.45, 2.75) is 45.4 Å². The molecule has 3 aromatic rings. The van der Waals surface area contributed by atoms with Gasteiger partial charge in [-0.05, 0) is 28.7 Å². The molecule has 0 aliphatic rings. The summed E-state index contributed by atoms with van der Waals surface area (Å²) in [5, 5.41) is 1.22. The molecule has 0 aliphatic carbocycles. The third-order valence-electron chi connectivity index (χ3n) is 4.52. The number of rotatable bonds is 6. The minimum absolute atomic E-state index is 0.139. The summed E-state index contributed by atoms with van der Waals surface area (Å²) >= 11 is 12.5. The molecule has 0 spiro atoms. The van der Waals surface area contributed by atoms with E-state index in [-0.39, 0.29) is 11.5 Å². The maximum Gasteiger partial charge on any atom is 0.102 e. The van der Waals surface area contributed by atoms with E-state index < -0.39 is 0 Å². The van der Waals surface area contributed by atoms with Crippen molar-refractivity contribution in [1.82, 2.24) is 9.55 Å². The van der Waals surface area contributed by atoms with Crippen molar-refractivity contribution in [2.75, 3.05) is 0 Å². The van der Waals surface area contributed by atoms with E-state index in [9.17, 15) is 0 Å². The zero-order valence-electron chi connectivity index (χ0n) is 15.8. The molecule has 27 heavy (non-hydrogen) atoms. The van der Waals surface area contributed by atoms with Crippen molar-refractivity contribution >= 4 is 23.2 Å². The minimum Gasteiger partial charge on any atom is -0.367 e. The Labute approximate surface area is 170 Å². The molecule has 0 aliphatic heterocycles. The van der Waals surface area contributed by atoms with Gasteiger partial charge in [0, 0.05) is 28.0 Å². The normalized spacial score (nSPS) is 12.9. The van der Waals surface area contributed by atoms with Crippen LogP contribution in [0.15, 0.2) is 61.2 Å². The lowest BCUT2D eigenvalue weighted by Gasteiger charge is -2.21. The number of hydrogen-bond donors (Lipinski definition) is 0. The number of imidazole rings is 1. The predicted molar refractivity (Wildman–Crippen MR) is 111 cm³/mol. The number of ether oxygens (including phenoxy) is 1. The second-order valence-electron chi connectivity index (χ2n) is 7.67. The van der Waals surface area contributed by atoms with Gasteiger partial charge in [0.1, 0.15) is 6.10 Å². The van der Waals surface area contributed by atoms with Crippen LogP contribution < -0.4 is 0 Å².